The lowest BCUT2D eigenvalue weighted by molar-refractivity contribution is 0.0994. The monoisotopic (exact) mass is 271 g/mol. The summed E-state index contributed by atoms with van der Waals surface area (Å²) >= 11 is 0. The van der Waals surface area contributed by atoms with Gasteiger partial charge in [-0.15, -0.1) is 0 Å². The number of benzene rings is 2. The van der Waals surface area contributed by atoms with Gasteiger partial charge in [0.25, 0.3) is 0 Å². The van der Waals surface area contributed by atoms with Crippen molar-refractivity contribution in [3.05, 3.63) is 71.4 Å². The van der Waals surface area contributed by atoms with Gasteiger partial charge in [-0.25, -0.2) is 8.78 Å². The van der Waals surface area contributed by atoms with Crippen LogP contribution in [-0.4, -0.2) is 10.8 Å². The van der Waals surface area contributed by atoms with Crippen molar-refractivity contribution in [3.63, 3.8) is 0 Å². The normalized spacial score (nSPS) is 10.9. The van der Waals surface area contributed by atoms with Gasteiger partial charge in [-0.05, 0) is 35.9 Å². The second-order valence-corrected chi connectivity index (χ2v) is 4.62. The van der Waals surface area contributed by atoms with Crippen molar-refractivity contribution in [2.75, 3.05) is 0 Å². The van der Waals surface area contributed by atoms with Gasteiger partial charge in [-0.3, -0.25) is 4.79 Å². The summed E-state index contributed by atoms with van der Waals surface area (Å²) in [5, 5.41) is 0.674. The molecule has 2 aromatic carbocycles. The van der Waals surface area contributed by atoms with Crippen molar-refractivity contribution in [2.45, 2.75) is 6.42 Å². The number of hydrogen-bond acceptors (Lipinski definition) is 1. The molecule has 4 heteroatoms. The summed E-state index contributed by atoms with van der Waals surface area (Å²) in [6, 6.07) is 10.2. The van der Waals surface area contributed by atoms with E-state index in [-0.39, 0.29) is 23.8 Å². The maximum Gasteiger partial charge on any atom is 0.169 e. The van der Waals surface area contributed by atoms with Crippen LogP contribution >= 0.6 is 0 Å². The Kier molecular flexibility index (Phi) is 3.06. The maximum absolute atomic E-state index is 13.1. The van der Waals surface area contributed by atoms with E-state index in [9.17, 15) is 13.6 Å². The average Bonchev–Trinajstić information content (AvgIpc) is 2.81. The zero-order valence-electron chi connectivity index (χ0n) is 10.5. The van der Waals surface area contributed by atoms with Gasteiger partial charge in [-0.1, -0.05) is 12.1 Å². The number of Topliss-reactive ketones (excluding diaryl/α,β-unsaturated/α-hetero) is 1. The van der Waals surface area contributed by atoms with Crippen molar-refractivity contribution in [3.8, 4) is 0 Å². The van der Waals surface area contributed by atoms with Crippen molar-refractivity contribution < 1.29 is 13.6 Å². The number of halogens is 2. The number of fused-ring (bicyclic) bond motifs is 1. The smallest absolute Gasteiger partial charge is 0.169 e. The standard InChI is InChI=1S/C16H11F2NO/c17-11-3-1-2-10(6-11)7-16(20)14-9-19-15-8-12(18)4-5-13(14)15/h1-6,8-9,19H,7H2. The van der Waals surface area contributed by atoms with Gasteiger partial charge < -0.3 is 4.98 Å². The molecule has 0 radical (unpaired) electrons. The van der Waals surface area contributed by atoms with E-state index in [1.807, 2.05) is 0 Å². The summed E-state index contributed by atoms with van der Waals surface area (Å²) in [7, 11) is 0. The van der Waals surface area contributed by atoms with Crippen LogP contribution in [0.3, 0.4) is 0 Å². The molecule has 0 spiro atoms. The Labute approximate surface area is 114 Å². The van der Waals surface area contributed by atoms with Gasteiger partial charge in [0.2, 0.25) is 0 Å². The summed E-state index contributed by atoms with van der Waals surface area (Å²) in [5.41, 5.74) is 1.68. The van der Waals surface area contributed by atoms with E-state index >= 15 is 0 Å². The largest absolute Gasteiger partial charge is 0.360 e. The van der Waals surface area contributed by atoms with Crippen LogP contribution in [0, 0.1) is 11.6 Å². The minimum absolute atomic E-state index is 0.113. The van der Waals surface area contributed by atoms with Gasteiger partial charge >= 0.3 is 0 Å². The van der Waals surface area contributed by atoms with Crippen LogP contribution in [-0.2, 0) is 6.42 Å². The molecular weight excluding hydrogens is 260 g/mol. The Morgan fingerprint density at radius 3 is 2.65 bits per heavy atom. The van der Waals surface area contributed by atoms with Crippen LogP contribution in [0.15, 0.2) is 48.7 Å². The highest BCUT2D eigenvalue weighted by atomic mass is 19.1. The zero-order chi connectivity index (χ0) is 14.1. The molecule has 0 amide bonds. The van der Waals surface area contributed by atoms with E-state index in [4.69, 9.17) is 0 Å². The molecule has 2 nitrogen and oxygen atoms in total. The molecule has 100 valence electrons. The first-order valence-electron chi connectivity index (χ1n) is 6.18. The Balaban J connectivity index is 1.93. The van der Waals surface area contributed by atoms with Crippen LogP contribution < -0.4 is 0 Å². The van der Waals surface area contributed by atoms with Gasteiger partial charge in [0.15, 0.2) is 5.78 Å². The molecule has 1 heterocycles. The fourth-order valence-corrected chi connectivity index (χ4v) is 2.26. The quantitative estimate of drug-likeness (QED) is 0.721. The Hall–Kier alpha value is -2.49. The van der Waals surface area contributed by atoms with E-state index in [2.05, 4.69) is 4.98 Å². The number of nitrogens with one attached hydrogen (secondary N) is 1. The zero-order valence-corrected chi connectivity index (χ0v) is 10.5. The van der Waals surface area contributed by atoms with E-state index in [1.165, 1.54) is 24.3 Å². The highest BCUT2D eigenvalue weighted by molar-refractivity contribution is 6.08. The highest BCUT2D eigenvalue weighted by Gasteiger charge is 2.13. The van der Waals surface area contributed by atoms with E-state index in [1.54, 1.807) is 24.4 Å². The summed E-state index contributed by atoms with van der Waals surface area (Å²) in [4.78, 5) is 15.1. The number of hydrogen-bond donors (Lipinski definition) is 1. The molecule has 3 rings (SSSR count). The predicted octanol–water partition coefficient (Wildman–Crippen LogP) is 3.87. The first kappa shape index (κ1) is 12.5. The molecule has 1 N–H and O–H groups in total. The molecular formula is C16H11F2NO. The Morgan fingerprint density at radius 2 is 1.85 bits per heavy atom. The molecule has 0 fully saturated rings. The second-order valence-electron chi connectivity index (χ2n) is 4.62. The average molecular weight is 271 g/mol. The lowest BCUT2D eigenvalue weighted by atomic mass is 10.0. The third kappa shape index (κ3) is 2.32. The number of ketones is 1. The summed E-state index contributed by atoms with van der Waals surface area (Å²) in [5.74, 6) is -0.853. The molecule has 0 aliphatic rings. The molecule has 0 unspecified atom stereocenters. The molecule has 20 heavy (non-hydrogen) atoms. The number of rotatable bonds is 3. The number of aromatic nitrogens is 1. The molecule has 1 aromatic heterocycles. The third-order valence-electron chi connectivity index (χ3n) is 3.20. The molecule has 3 aromatic rings. The number of aromatic amines is 1. The van der Waals surface area contributed by atoms with Crippen molar-refractivity contribution in [1.29, 1.82) is 0 Å². The summed E-state index contributed by atoms with van der Waals surface area (Å²) in [6.45, 7) is 0. The molecule has 0 saturated carbocycles. The van der Waals surface area contributed by atoms with Crippen molar-refractivity contribution in [2.24, 2.45) is 0 Å². The van der Waals surface area contributed by atoms with Gasteiger partial charge in [0.1, 0.15) is 11.6 Å². The highest BCUT2D eigenvalue weighted by Crippen LogP contribution is 2.21. The number of carbonyl (C=O) groups excluding carboxylic acids is 1. The van der Waals surface area contributed by atoms with Crippen LogP contribution in [0.2, 0.25) is 0 Å². The molecule has 0 aliphatic carbocycles. The van der Waals surface area contributed by atoms with E-state index in [0.717, 1.165) is 0 Å². The molecule has 0 atom stereocenters. The first-order valence-corrected chi connectivity index (χ1v) is 6.18. The van der Waals surface area contributed by atoms with Gasteiger partial charge in [0, 0.05) is 29.1 Å². The minimum Gasteiger partial charge on any atom is -0.360 e. The fourth-order valence-electron chi connectivity index (χ4n) is 2.26. The van der Waals surface area contributed by atoms with Crippen LogP contribution in [0.5, 0.6) is 0 Å². The Morgan fingerprint density at radius 1 is 1.05 bits per heavy atom. The number of carbonyl (C=O) groups is 1. The van der Waals surface area contributed by atoms with Gasteiger partial charge in [0.05, 0.1) is 0 Å². The predicted molar refractivity (Wildman–Crippen MR) is 72.7 cm³/mol. The van der Waals surface area contributed by atoms with Crippen LogP contribution in [0.4, 0.5) is 8.78 Å². The van der Waals surface area contributed by atoms with Crippen LogP contribution in [0.1, 0.15) is 15.9 Å². The van der Waals surface area contributed by atoms with Gasteiger partial charge in [-0.2, -0.15) is 0 Å². The second kappa shape index (κ2) is 4.89. The SMILES string of the molecule is O=C(Cc1cccc(F)c1)c1c[nH]c2cc(F)ccc12. The first-order chi connectivity index (χ1) is 9.63. The van der Waals surface area contributed by atoms with Crippen molar-refractivity contribution >= 4 is 16.7 Å². The van der Waals surface area contributed by atoms with E-state index in [0.29, 0.717) is 22.0 Å². The number of H-pyrrole nitrogens is 1. The third-order valence-corrected chi connectivity index (χ3v) is 3.20. The lowest BCUT2D eigenvalue weighted by Crippen LogP contribution is -2.03. The lowest BCUT2D eigenvalue weighted by Gasteiger charge is -2.01. The molecule has 0 bridgehead atoms. The molecule has 0 saturated heterocycles. The topological polar surface area (TPSA) is 32.9 Å². The van der Waals surface area contributed by atoms with Crippen molar-refractivity contribution in [1.82, 2.24) is 4.98 Å². The van der Waals surface area contributed by atoms with E-state index < -0.39 is 0 Å². The van der Waals surface area contributed by atoms with Crippen LogP contribution in [0.25, 0.3) is 10.9 Å². The summed E-state index contributed by atoms with van der Waals surface area (Å²) < 4.78 is 26.2. The minimum atomic E-state index is -0.365. The maximum atomic E-state index is 13.1. The Bertz CT molecular complexity index is 792. The summed E-state index contributed by atoms with van der Waals surface area (Å²) in [6.07, 6.45) is 1.67. The fraction of sp³-hybridized carbons (Fsp3) is 0.0625. The molecule has 0 aliphatic heterocycles.